The summed E-state index contributed by atoms with van der Waals surface area (Å²) in [5, 5.41) is -1.20. The van der Waals surface area contributed by atoms with Crippen LogP contribution in [0.3, 0.4) is 0 Å². The van der Waals surface area contributed by atoms with Gasteiger partial charge in [-0.25, -0.2) is 12.8 Å². The Kier molecular flexibility index (Phi) is 10.2. The van der Waals surface area contributed by atoms with Crippen LogP contribution in [0.25, 0.3) is 0 Å². The number of nitrogens with one attached hydrogen (secondary N) is 2. The molecule has 1 saturated heterocycles. The van der Waals surface area contributed by atoms with Gasteiger partial charge in [-0.05, 0) is 96.9 Å². The average Bonchev–Trinajstić information content (AvgIpc) is 3.31. The zero-order valence-corrected chi connectivity index (χ0v) is 26.9. The highest BCUT2D eigenvalue weighted by Gasteiger charge is 2.50. The lowest BCUT2D eigenvalue weighted by Gasteiger charge is -2.15. The number of carbonyl (C=O) groups is 2. The number of hydrogen-bond acceptors (Lipinski definition) is 8. The maximum absolute atomic E-state index is 14.9. The molecule has 0 saturated carbocycles. The fourth-order valence-corrected chi connectivity index (χ4v) is 6.63. The molecule has 4 aromatic rings. The molecule has 240 valence electrons. The monoisotopic (exact) mass is 664 g/mol. The standard InChI is InChI=1S/C34H33FN2O7S2/c1-3-7-24-22-28(44-27-14-17-29(18-15-27)46(40,41)37-30-9-5-4-8-23(30)2)16-19-31(24)43-21-6-20-42-26-12-10-25(11-13-26)34(35)32(38)36-33(39)45-34/h4-5,8-19,22,37H,3,6-7,20-21H2,1-2H3,(H,36,38,39). The minimum atomic E-state index is -3.75. The maximum atomic E-state index is 14.9. The zero-order valence-electron chi connectivity index (χ0n) is 25.2. The first kappa shape index (κ1) is 32.8. The van der Waals surface area contributed by atoms with Crippen LogP contribution in [0.4, 0.5) is 14.9 Å². The van der Waals surface area contributed by atoms with E-state index in [1.54, 1.807) is 42.5 Å². The fourth-order valence-electron chi connectivity index (χ4n) is 4.70. The van der Waals surface area contributed by atoms with E-state index in [0.29, 0.717) is 54.3 Å². The topological polar surface area (TPSA) is 120 Å². The quantitative estimate of drug-likeness (QED) is 0.133. The average molecular weight is 665 g/mol. The number of carbonyl (C=O) groups excluding carboxylic acids is 2. The minimum absolute atomic E-state index is 0.0728. The van der Waals surface area contributed by atoms with E-state index >= 15 is 0 Å². The molecule has 4 aromatic carbocycles. The van der Waals surface area contributed by atoms with E-state index in [9.17, 15) is 22.4 Å². The van der Waals surface area contributed by atoms with Crippen molar-refractivity contribution < 1.29 is 36.6 Å². The number of anilines is 1. The van der Waals surface area contributed by atoms with Crippen molar-refractivity contribution in [3.63, 3.8) is 0 Å². The summed E-state index contributed by atoms with van der Waals surface area (Å²) >= 11 is 0.311. The number of aryl methyl sites for hydroxylation is 2. The number of amides is 2. The molecule has 1 aliphatic rings. The Labute approximate surface area is 271 Å². The first-order chi connectivity index (χ1) is 22.1. The van der Waals surface area contributed by atoms with Gasteiger partial charge in [0, 0.05) is 12.0 Å². The second-order valence-electron chi connectivity index (χ2n) is 10.5. The van der Waals surface area contributed by atoms with Gasteiger partial charge in [0.2, 0.25) is 0 Å². The molecular formula is C34H33FN2O7S2. The molecule has 2 N–H and O–H groups in total. The van der Waals surface area contributed by atoms with Crippen molar-refractivity contribution in [2.75, 3.05) is 17.9 Å². The van der Waals surface area contributed by atoms with Gasteiger partial charge >= 0.3 is 0 Å². The van der Waals surface area contributed by atoms with Crippen molar-refractivity contribution in [3.8, 4) is 23.0 Å². The number of halogens is 1. The van der Waals surface area contributed by atoms with Crippen LogP contribution in [0.2, 0.25) is 0 Å². The Balaban J connectivity index is 1.12. The first-order valence-electron chi connectivity index (χ1n) is 14.7. The van der Waals surface area contributed by atoms with Gasteiger partial charge < -0.3 is 14.2 Å². The normalized spacial score (nSPS) is 16.2. The lowest BCUT2D eigenvalue weighted by atomic mass is 10.1. The van der Waals surface area contributed by atoms with Crippen LogP contribution in [-0.2, 0) is 26.2 Å². The second-order valence-corrected chi connectivity index (χ2v) is 13.3. The molecule has 0 radical (unpaired) electrons. The van der Waals surface area contributed by atoms with Gasteiger partial charge in [0.05, 0.1) is 23.8 Å². The highest BCUT2D eigenvalue weighted by atomic mass is 32.2. The molecule has 1 fully saturated rings. The molecule has 12 heteroatoms. The van der Waals surface area contributed by atoms with Gasteiger partial charge in [-0.2, -0.15) is 0 Å². The number of imide groups is 1. The van der Waals surface area contributed by atoms with Crippen LogP contribution in [0.15, 0.2) is 95.9 Å². The second kappa shape index (κ2) is 14.3. The number of para-hydroxylation sites is 1. The van der Waals surface area contributed by atoms with Crippen LogP contribution >= 0.6 is 11.8 Å². The summed E-state index contributed by atoms with van der Waals surface area (Å²) in [5.74, 6) is 1.35. The van der Waals surface area contributed by atoms with E-state index in [1.165, 1.54) is 24.3 Å². The number of rotatable bonds is 14. The van der Waals surface area contributed by atoms with Crippen LogP contribution in [0.5, 0.6) is 23.0 Å². The van der Waals surface area contributed by atoms with E-state index in [0.717, 1.165) is 29.7 Å². The summed E-state index contributed by atoms with van der Waals surface area (Å²) in [7, 11) is -3.75. The molecule has 0 aromatic heterocycles. The molecule has 1 heterocycles. The van der Waals surface area contributed by atoms with Crippen LogP contribution in [0, 0.1) is 6.92 Å². The predicted molar refractivity (Wildman–Crippen MR) is 175 cm³/mol. The van der Waals surface area contributed by atoms with Crippen molar-refractivity contribution in [2.45, 2.75) is 43.0 Å². The SMILES string of the molecule is CCCc1cc(Oc2ccc(S(=O)(=O)Nc3ccccc3C)cc2)ccc1OCCCOc1ccc(C2(F)SC(=O)NC2=O)cc1. The highest BCUT2D eigenvalue weighted by Crippen LogP contribution is 2.43. The molecular weight excluding hydrogens is 632 g/mol. The molecule has 1 aliphatic heterocycles. The zero-order chi connectivity index (χ0) is 32.7. The van der Waals surface area contributed by atoms with Gasteiger partial charge in [0.15, 0.2) is 0 Å². The number of sulfonamides is 1. The molecule has 0 bridgehead atoms. The van der Waals surface area contributed by atoms with Gasteiger partial charge in [-0.3, -0.25) is 19.6 Å². The number of alkyl halides is 1. The van der Waals surface area contributed by atoms with E-state index in [4.69, 9.17) is 14.2 Å². The minimum Gasteiger partial charge on any atom is -0.493 e. The Morgan fingerprint density at radius 2 is 1.54 bits per heavy atom. The third-order valence-electron chi connectivity index (χ3n) is 7.09. The summed E-state index contributed by atoms with van der Waals surface area (Å²) in [6, 6.07) is 24.9. The Morgan fingerprint density at radius 3 is 2.22 bits per heavy atom. The van der Waals surface area contributed by atoms with Crippen LogP contribution in [-0.4, -0.2) is 32.8 Å². The summed E-state index contributed by atoms with van der Waals surface area (Å²) in [6.45, 7) is 4.66. The Hall–Kier alpha value is -4.55. The maximum Gasteiger partial charge on any atom is 0.289 e. The first-order valence-corrected chi connectivity index (χ1v) is 17.0. The lowest BCUT2D eigenvalue weighted by Crippen LogP contribution is -2.30. The summed E-state index contributed by atoms with van der Waals surface area (Å²) in [6.07, 6.45) is 2.25. The van der Waals surface area contributed by atoms with E-state index in [-0.39, 0.29) is 10.5 Å². The highest BCUT2D eigenvalue weighted by molar-refractivity contribution is 8.15. The van der Waals surface area contributed by atoms with Gasteiger partial charge in [0.25, 0.3) is 26.2 Å². The Bertz CT molecular complexity index is 1820. The van der Waals surface area contributed by atoms with Crippen molar-refractivity contribution in [2.24, 2.45) is 0 Å². The van der Waals surface area contributed by atoms with Gasteiger partial charge in [-0.1, -0.05) is 43.7 Å². The third-order valence-corrected chi connectivity index (χ3v) is 9.46. The summed E-state index contributed by atoms with van der Waals surface area (Å²) < 4.78 is 61.0. The summed E-state index contributed by atoms with van der Waals surface area (Å²) in [4.78, 5) is 23.3. The van der Waals surface area contributed by atoms with Crippen molar-refractivity contribution in [1.82, 2.24) is 5.32 Å². The molecule has 0 spiro atoms. The lowest BCUT2D eigenvalue weighted by molar-refractivity contribution is -0.126. The third kappa shape index (κ3) is 7.80. The molecule has 9 nitrogen and oxygen atoms in total. The number of benzene rings is 4. The largest absolute Gasteiger partial charge is 0.493 e. The van der Waals surface area contributed by atoms with Crippen LogP contribution < -0.4 is 24.2 Å². The van der Waals surface area contributed by atoms with E-state index in [1.807, 2.05) is 36.5 Å². The fraction of sp³-hybridized carbons (Fsp3) is 0.235. The molecule has 46 heavy (non-hydrogen) atoms. The molecule has 0 aliphatic carbocycles. The summed E-state index contributed by atoms with van der Waals surface area (Å²) in [5.41, 5.74) is 2.40. The van der Waals surface area contributed by atoms with Crippen molar-refractivity contribution in [1.29, 1.82) is 0 Å². The van der Waals surface area contributed by atoms with Gasteiger partial charge in [-0.15, -0.1) is 0 Å². The van der Waals surface area contributed by atoms with Gasteiger partial charge in [0.1, 0.15) is 23.0 Å². The number of ether oxygens (including phenoxy) is 3. The Morgan fingerprint density at radius 1 is 0.870 bits per heavy atom. The predicted octanol–water partition coefficient (Wildman–Crippen LogP) is 7.49. The van der Waals surface area contributed by atoms with Crippen molar-refractivity contribution >= 4 is 38.6 Å². The number of hydrogen-bond donors (Lipinski definition) is 2. The molecule has 1 atom stereocenters. The van der Waals surface area contributed by atoms with E-state index in [2.05, 4.69) is 11.6 Å². The smallest absolute Gasteiger partial charge is 0.289 e. The number of thioether (sulfide) groups is 1. The van der Waals surface area contributed by atoms with Crippen LogP contribution in [0.1, 0.15) is 36.5 Å². The molecule has 2 amide bonds. The molecule has 5 rings (SSSR count). The van der Waals surface area contributed by atoms with Crippen molar-refractivity contribution in [3.05, 3.63) is 108 Å². The molecule has 1 unspecified atom stereocenters. The van der Waals surface area contributed by atoms with E-state index < -0.39 is 26.2 Å².